The van der Waals surface area contributed by atoms with Gasteiger partial charge in [0.25, 0.3) is 0 Å². The van der Waals surface area contributed by atoms with Crippen LogP contribution >= 0.6 is 0 Å². The Morgan fingerprint density at radius 1 is 1.58 bits per heavy atom. The van der Waals surface area contributed by atoms with Gasteiger partial charge in [-0.05, 0) is 30.0 Å². The number of carboxylic acid groups (broad SMARTS) is 1. The van der Waals surface area contributed by atoms with Crippen molar-refractivity contribution in [1.29, 1.82) is 5.26 Å². The molecular weight excluding hydrogens is 311 g/mol. The zero-order valence-corrected chi connectivity index (χ0v) is 13.6. The first-order valence-electron chi connectivity index (χ1n) is 8.04. The van der Waals surface area contributed by atoms with E-state index >= 15 is 0 Å². The monoisotopic (exact) mass is 330 g/mol. The van der Waals surface area contributed by atoms with Crippen LogP contribution in [0.4, 0.5) is 4.39 Å². The minimum absolute atomic E-state index is 0.0747. The minimum atomic E-state index is -1.04. The summed E-state index contributed by atoms with van der Waals surface area (Å²) in [5.74, 6) is -1.50. The van der Waals surface area contributed by atoms with Crippen molar-refractivity contribution in [2.45, 2.75) is 38.7 Å². The summed E-state index contributed by atoms with van der Waals surface area (Å²) in [5, 5.41) is 19.3. The summed E-state index contributed by atoms with van der Waals surface area (Å²) in [6.45, 7) is 4.25. The van der Waals surface area contributed by atoms with Crippen LogP contribution in [0.1, 0.15) is 43.5 Å². The molecule has 0 fully saturated rings. The number of carboxylic acids is 1. The zero-order valence-electron chi connectivity index (χ0n) is 13.6. The van der Waals surface area contributed by atoms with Crippen molar-refractivity contribution in [3.8, 4) is 6.07 Å². The Labute approximate surface area is 139 Å². The average molecular weight is 330 g/mol. The summed E-state index contributed by atoms with van der Waals surface area (Å²) in [6, 6.07) is 4.82. The molecule has 2 aromatic rings. The molecule has 1 aromatic carbocycles. The Bertz CT molecular complexity index is 852. The number of rotatable bonds is 4. The predicted octanol–water partition coefficient (Wildman–Crippen LogP) is 3.47. The van der Waals surface area contributed by atoms with Gasteiger partial charge in [0.15, 0.2) is 0 Å². The van der Waals surface area contributed by atoms with Gasteiger partial charge in [0, 0.05) is 5.39 Å². The number of ether oxygens (including phenoxy) is 1. The number of nitrogens with zero attached hydrogens (tertiary/aromatic N) is 1. The number of H-pyrrole nitrogens is 1. The molecule has 1 aromatic heterocycles. The SMILES string of the molecule is CC[C@H](C)[C@]1(CC(=O)O)OCCc2c1[nH]c1c(F)ccc(C#N)c21. The van der Waals surface area contributed by atoms with Crippen molar-refractivity contribution in [3.05, 3.63) is 34.8 Å². The number of aromatic amines is 1. The van der Waals surface area contributed by atoms with E-state index in [1.807, 2.05) is 13.8 Å². The van der Waals surface area contributed by atoms with Crippen molar-refractivity contribution in [2.24, 2.45) is 5.92 Å². The van der Waals surface area contributed by atoms with Gasteiger partial charge in [-0.3, -0.25) is 4.79 Å². The molecule has 0 bridgehead atoms. The number of benzene rings is 1. The van der Waals surface area contributed by atoms with Crippen molar-refractivity contribution in [1.82, 2.24) is 4.98 Å². The highest BCUT2D eigenvalue weighted by molar-refractivity contribution is 5.91. The highest BCUT2D eigenvalue weighted by Crippen LogP contribution is 2.46. The predicted molar refractivity (Wildman–Crippen MR) is 86.0 cm³/mol. The Balaban J connectivity index is 2.34. The molecule has 0 amide bonds. The second-order valence-corrected chi connectivity index (χ2v) is 6.30. The summed E-state index contributed by atoms with van der Waals surface area (Å²) in [6.07, 6.45) is 1.03. The quantitative estimate of drug-likeness (QED) is 0.899. The lowest BCUT2D eigenvalue weighted by molar-refractivity contribution is -0.155. The lowest BCUT2D eigenvalue weighted by Crippen LogP contribution is -2.43. The summed E-state index contributed by atoms with van der Waals surface area (Å²) >= 11 is 0. The van der Waals surface area contributed by atoms with E-state index in [4.69, 9.17) is 4.74 Å². The standard InChI is InChI=1S/C18H19FN2O3/c1-3-10(2)18(8-14(22)23)17-12(6-7-24-18)15-11(9-20)4-5-13(19)16(15)21-17/h4-5,10,21H,3,6-8H2,1-2H3,(H,22,23)/t10-,18-/m0/s1. The first kappa shape index (κ1) is 16.5. The third-order valence-corrected chi connectivity index (χ3v) is 5.09. The van der Waals surface area contributed by atoms with Gasteiger partial charge in [0.05, 0.1) is 35.9 Å². The van der Waals surface area contributed by atoms with Crippen LogP contribution in [0.15, 0.2) is 12.1 Å². The highest BCUT2D eigenvalue weighted by Gasteiger charge is 2.46. The van der Waals surface area contributed by atoms with Crippen LogP contribution in [0.2, 0.25) is 0 Å². The van der Waals surface area contributed by atoms with E-state index < -0.39 is 17.4 Å². The molecule has 0 radical (unpaired) electrons. The Morgan fingerprint density at radius 3 is 2.96 bits per heavy atom. The van der Waals surface area contributed by atoms with Gasteiger partial charge < -0.3 is 14.8 Å². The minimum Gasteiger partial charge on any atom is -0.481 e. The summed E-state index contributed by atoms with van der Waals surface area (Å²) in [4.78, 5) is 14.5. The summed E-state index contributed by atoms with van der Waals surface area (Å²) < 4.78 is 20.3. The van der Waals surface area contributed by atoms with Crippen molar-refractivity contribution in [2.75, 3.05) is 6.61 Å². The van der Waals surface area contributed by atoms with Gasteiger partial charge >= 0.3 is 5.97 Å². The van der Waals surface area contributed by atoms with Gasteiger partial charge in [-0.15, -0.1) is 0 Å². The lowest BCUT2D eigenvalue weighted by atomic mass is 9.77. The molecule has 0 unspecified atom stereocenters. The van der Waals surface area contributed by atoms with E-state index in [0.717, 1.165) is 12.0 Å². The first-order chi connectivity index (χ1) is 11.4. The van der Waals surface area contributed by atoms with E-state index in [0.29, 0.717) is 29.7 Å². The molecule has 2 N–H and O–H groups in total. The van der Waals surface area contributed by atoms with Crippen LogP contribution in [-0.2, 0) is 21.6 Å². The molecule has 5 nitrogen and oxygen atoms in total. The fourth-order valence-corrected chi connectivity index (χ4v) is 3.71. The molecule has 0 saturated carbocycles. The van der Waals surface area contributed by atoms with E-state index in [-0.39, 0.29) is 17.9 Å². The third-order valence-electron chi connectivity index (χ3n) is 5.09. The van der Waals surface area contributed by atoms with E-state index in [1.54, 1.807) is 0 Å². The highest BCUT2D eigenvalue weighted by atomic mass is 19.1. The van der Waals surface area contributed by atoms with Crippen LogP contribution in [0.25, 0.3) is 10.9 Å². The molecule has 6 heteroatoms. The van der Waals surface area contributed by atoms with Gasteiger partial charge in [0.2, 0.25) is 0 Å². The van der Waals surface area contributed by atoms with Gasteiger partial charge in [-0.1, -0.05) is 20.3 Å². The van der Waals surface area contributed by atoms with E-state index in [9.17, 15) is 19.6 Å². The third kappa shape index (κ3) is 2.28. The number of aromatic nitrogens is 1. The molecule has 1 aliphatic heterocycles. The molecule has 1 aliphatic rings. The molecule has 0 saturated heterocycles. The number of nitriles is 1. The largest absolute Gasteiger partial charge is 0.481 e. The van der Waals surface area contributed by atoms with Crippen molar-refractivity contribution < 1.29 is 19.0 Å². The Morgan fingerprint density at radius 2 is 2.33 bits per heavy atom. The number of fused-ring (bicyclic) bond motifs is 3. The molecule has 24 heavy (non-hydrogen) atoms. The smallest absolute Gasteiger partial charge is 0.306 e. The Kier molecular flexibility index (Phi) is 4.06. The summed E-state index contributed by atoms with van der Waals surface area (Å²) in [5.41, 5.74) is 1.00. The van der Waals surface area contributed by atoms with Crippen LogP contribution in [0.3, 0.4) is 0 Å². The van der Waals surface area contributed by atoms with Gasteiger partial charge in [0.1, 0.15) is 11.4 Å². The van der Waals surface area contributed by atoms with Crippen molar-refractivity contribution >= 4 is 16.9 Å². The zero-order chi connectivity index (χ0) is 17.5. The fraction of sp³-hybridized carbons (Fsp3) is 0.444. The van der Waals surface area contributed by atoms with Crippen LogP contribution in [0, 0.1) is 23.1 Å². The molecule has 3 rings (SSSR count). The number of aliphatic carboxylic acids is 1. The first-order valence-corrected chi connectivity index (χ1v) is 8.04. The van der Waals surface area contributed by atoms with Gasteiger partial charge in [-0.25, -0.2) is 4.39 Å². The Hall–Kier alpha value is -2.39. The molecule has 2 atom stereocenters. The second-order valence-electron chi connectivity index (χ2n) is 6.30. The maximum Gasteiger partial charge on any atom is 0.306 e. The molecular formula is C18H19FN2O3. The number of hydrogen-bond acceptors (Lipinski definition) is 3. The number of hydrogen-bond donors (Lipinski definition) is 2. The number of carbonyl (C=O) groups is 1. The van der Waals surface area contributed by atoms with Crippen LogP contribution in [-0.4, -0.2) is 22.7 Å². The number of halogens is 1. The van der Waals surface area contributed by atoms with E-state index in [1.165, 1.54) is 12.1 Å². The maximum absolute atomic E-state index is 14.3. The average Bonchev–Trinajstić information content (AvgIpc) is 2.96. The van der Waals surface area contributed by atoms with Crippen molar-refractivity contribution in [3.63, 3.8) is 0 Å². The molecule has 0 aliphatic carbocycles. The topological polar surface area (TPSA) is 86.1 Å². The van der Waals surface area contributed by atoms with Crippen LogP contribution in [0.5, 0.6) is 0 Å². The second kappa shape index (κ2) is 5.91. The number of nitrogens with one attached hydrogen (secondary N) is 1. The van der Waals surface area contributed by atoms with Crippen LogP contribution < -0.4 is 0 Å². The lowest BCUT2D eigenvalue weighted by Gasteiger charge is -2.40. The maximum atomic E-state index is 14.3. The summed E-state index contributed by atoms with van der Waals surface area (Å²) in [7, 11) is 0. The fourth-order valence-electron chi connectivity index (χ4n) is 3.71. The molecule has 2 heterocycles. The molecule has 0 spiro atoms. The normalized spacial score (nSPS) is 21.2. The molecule has 126 valence electrons. The van der Waals surface area contributed by atoms with Gasteiger partial charge in [-0.2, -0.15) is 5.26 Å². The van der Waals surface area contributed by atoms with E-state index in [2.05, 4.69) is 11.1 Å².